The standard InChI is InChI=1S/C26H41N3O3/c1-6-28(7-2)16-13-25(31-4)24(30-3)19-22(21-29-17-14-27-15-18-29)20-26(25,32-5)23-11-9-8-10-12-23/h8-12,19-20,27H,6-7,13-18,21H2,1-5H3. The summed E-state index contributed by atoms with van der Waals surface area (Å²) in [6.07, 6.45) is 5.21. The number of rotatable bonds is 11. The summed E-state index contributed by atoms with van der Waals surface area (Å²) >= 11 is 0. The first kappa shape index (κ1) is 24.9. The molecule has 1 fully saturated rings. The predicted molar refractivity (Wildman–Crippen MR) is 130 cm³/mol. The van der Waals surface area contributed by atoms with E-state index < -0.39 is 11.2 Å². The topological polar surface area (TPSA) is 46.2 Å². The van der Waals surface area contributed by atoms with Crippen molar-refractivity contribution in [1.82, 2.24) is 15.1 Å². The lowest BCUT2D eigenvalue weighted by atomic mass is 9.69. The molecule has 1 N–H and O–H groups in total. The van der Waals surface area contributed by atoms with Crippen LogP contribution in [0, 0.1) is 0 Å². The Morgan fingerprint density at radius 2 is 1.69 bits per heavy atom. The van der Waals surface area contributed by atoms with E-state index in [1.807, 2.05) is 6.07 Å². The second kappa shape index (κ2) is 11.4. The Bertz CT molecular complexity index is 772. The minimum Gasteiger partial charge on any atom is -0.498 e. The van der Waals surface area contributed by atoms with E-state index in [1.54, 1.807) is 21.3 Å². The molecule has 1 saturated heterocycles. The molecule has 2 unspecified atom stereocenters. The van der Waals surface area contributed by atoms with Gasteiger partial charge in [0.15, 0.2) is 5.60 Å². The fraction of sp³-hybridized carbons (Fsp3) is 0.615. The smallest absolute Gasteiger partial charge is 0.162 e. The minimum absolute atomic E-state index is 0.755. The summed E-state index contributed by atoms with van der Waals surface area (Å²) in [5.74, 6) is 0.825. The third-order valence-corrected chi connectivity index (χ3v) is 7.09. The van der Waals surface area contributed by atoms with Gasteiger partial charge < -0.3 is 24.4 Å². The highest BCUT2D eigenvalue weighted by Gasteiger charge is 2.57. The van der Waals surface area contributed by atoms with Crippen molar-refractivity contribution in [2.75, 3.05) is 73.7 Å². The van der Waals surface area contributed by atoms with E-state index in [0.29, 0.717) is 0 Å². The summed E-state index contributed by atoms with van der Waals surface area (Å²) in [6, 6.07) is 10.4. The zero-order valence-electron chi connectivity index (χ0n) is 20.5. The molecule has 1 aliphatic heterocycles. The summed E-state index contributed by atoms with van der Waals surface area (Å²) in [7, 11) is 5.31. The SMILES string of the molecule is CCN(CC)CCC1(OC)C(OC)=CC(CN2CCNCC2)=CC1(OC)c1ccccc1. The highest BCUT2D eigenvalue weighted by atomic mass is 16.6. The molecule has 178 valence electrons. The third kappa shape index (κ3) is 4.80. The molecule has 0 saturated carbocycles. The molecule has 3 rings (SSSR count). The molecule has 6 nitrogen and oxygen atoms in total. The van der Waals surface area contributed by atoms with Crippen LogP contribution >= 0.6 is 0 Å². The average Bonchev–Trinajstić information content (AvgIpc) is 2.85. The number of ether oxygens (including phenoxy) is 3. The third-order valence-electron chi connectivity index (χ3n) is 7.09. The number of nitrogens with one attached hydrogen (secondary N) is 1. The molecule has 0 aromatic heterocycles. The molecule has 2 aliphatic rings. The fourth-order valence-corrected chi connectivity index (χ4v) is 5.19. The molecule has 1 aromatic rings. The van der Waals surface area contributed by atoms with Gasteiger partial charge in [-0.15, -0.1) is 0 Å². The Labute approximate surface area is 194 Å². The molecule has 1 aromatic carbocycles. The van der Waals surface area contributed by atoms with Crippen LogP contribution in [0.4, 0.5) is 0 Å². The summed E-state index contributed by atoms with van der Waals surface area (Å²) in [5.41, 5.74) is 0.710. The molecular formula is C26H41N3O3. The summed E-state index contributed by atoms with van der Waals surface area (Å²) in [6.45, 7) is 12.3. The van der Waals surface area contributed by atoms with Crippen molar-refractivity contribution in [2.24, 2.45) is 0 Å². The molecule has 2 atom stereocenters. The summed E-state index contributed by atoms with van der Waals surface area (Å²) < 4.78 is 18.9. The predicted octanol–water partition coefficient (Wildman–Crippen LogP) is 3.02. The average molecular weight is 444 g/mol. The lowest BCUT2D eigenvalue weighted by Crippen LogP contribution is -2.58. The van der Waals surface area contributed by atoms with Gasteiger partial charge in [0.2, 0.25) is 0 Å². The largest absolute Gasteiger partial charge is 0.498 e. The van der Waals surface area contributed by atoms with Gasteiger partial charge in [-0.2, -0.15) is 0 Å². The normalized spacial score (nSPS) is 26.7. The Morgan fingerprint density at radius 3 is 2.25 bits per heavy atom. The van der Waals surface area contributed by atoms with E-state index >= 15 is 0 Å². The van der Waals surface area contributed by atoms with E-state index in [2.05, 4.69) is 65.4 Å². The van der Waals surface area contributed by atoms with Gasteiger partial charge in [0.25, 0.3) is 0 Å². The number of hydrogen-bond donors (Lipinski definition) is 1. The Morgan fingerprint density at radius 1 is 1.00 bits per heavy atom. The maximum atomic E-state index is 6.45. The second-order valence-electron chi connectivity index (χ2n) is 8.57. The Balaban J connectivity index is 2.09. The highest BCUT2D eigenvalue weighted by Crippen LogP contribution is 2.50. The van der Waals surface area contributed by atoms with Crippen LogP contribution < -0.4 is 5.32 Å². The van der Waals surface area contributed by atoms with Crippen molar-refractivity contribution in [1.29, 1.82) is 0 Å². The first-order valence-electron chi connectivity index (χ1n) is 11.9. The van der Waals surface area contributed by atoms with Crippen LogP contribution in [0.2, 0.25) is 0 Å². The van der Waals surface area contributed by atoms with Crippen molar-refractivity contribution in [3.63, 3.8) is 0 Å². The first-order chi connectivity index (χ1) is 15.6. The van der Waals surface area contributed by atoms with Crippen molar-refractivity contribution in [2.45, 2.75) is 31.5 Å². The lowest BCUT2D eigenvalue weighted by Gasteiger charge is -2.50. The van der Waals surface area contributed by atoms with Gasteiger partial charge in [0.1, 0.15) is 11.4 Å². The number of methoxy groups -OCH3 is 3. The molecule has 0 bridgehead atoms. The molecule has 6 heteroatoms. The maximum Gasteiger partial charge on any atom is 0.162 e. The van der Waals surface area contributed by atoms with Gasteiger partial charge in [-0.25, -0.2) is 0 Å². The van der Waals surface area contributed by atoms with Gasteiger partial charge in [-0.05, 0) is 42.8 Å². The second-order valence-corrected chi connectivity index (χ2v) is 8.57. The van der Waals surface area contributed by atoms with E-state index in [9.17, 15) is 0 Å². The fourth-order valence-electron chi connectivity index (χ4n) is 5.19. The summed E-state index contributed by atoms with van der Waals surface area (Å²) in [5, 5.41) is 3.44. The Hall–Kier alpha value is -1.70. The zero-order chi connectivity index (χ0) is 23.0. The van der Waals surface area contributed by atoms with E-state index in [1.165, 1.54) is 5.57 Å². The molecule has 1 heterocycles. The van der Waals surface area contributed by atoms with Crippen LogP contribution in [0.5, 0.6) is 0 Å². The van der Waals surface area contributed by atoms with Gasteiger partial charge in [0, 0.05) is 53.5 Å². The van der Waals surface area contributed by atoms with Crippen LogP contribution in [-0.2, 0) is 19.8 Å². The van der Waals surface area contributed by atoms with Gasteiger partial charge in [-0.1, -0.05) is 44.2 Å². The van der Waals surface area contributed by atoms with E-state index in [-0.39, 0.29) is 0 Å². The molecule has 0 spiro atoms. The monoisotopic (exact) mass is 443 g/mol. The molecule has 0 amide bonds. The van der Waals surface area contributed by atoms with E-state index in [0.717, 1.165) is 70.1 Å². The van der Waals surface area contributed by atoms with Crippen molar-refractivity contribution < 1.29 is 14.2 Å². The van der Waals surface area contributed by atoms with Crippen molar-refractivity contribution in [3.8, 4) is 0 Å². The van der Waals surface area contributed by atoms with E-state index in [4.69, 9.17) is 14.2 Å². The van der Waals surface area contributed by atoms with Gasteiger partial charge in [-0.3, -0.25) is 4.90 Å². The molecule has 0 radical (unpaired) electrons. The van der Waals surface area contributed by atoms with Crippen molar-refractivity contribution >= 4 is 0 Å². The van der Waals surface area contributed by atoms with Gasteiger partial charge >= 0.3 is 0 Å². The number of nitrogens with zero attached hydrogens (tertiary/aromatic N) is 2. The highest BCUT2D eigenvalue weighted by molar-refractivity contribution is 5.47. The van der Waals surface area contributed by atoms with Crippen LogP contribution in [0.1, 0.15) is 25.8 Å². The maximum absolute atomic E-state index is 6.45. The number of hydrogen-bond acceptors (Lipinski definition) is 6. The first-order valence-corrected chi connectivity index (χ1v) is 11.9. The lowest BCUT2D eigenvalue weighted by molar-refractivity contribution is -0.171. The quantitative estimate of drug-likeness (QED) is 0.567. The van der Waals surface area contributed by atoms with Crippen molar-refractivity contribution in [3.05, 3.63) is 59.4 Å². The van der Waals surface area contributed by atoms with Crippen LogP contribution in [-0.4, -0.2) is 89.1 Å². The van der Waals surface area contributed by atoms with Crippen LogP contribution in [0.15, 0.2) is 53.8 Å². The molecular weight excluding hydrogens is 402 g/mol. The number of piperazine rings is 1. The minimum atomic E-state index is -0.792. The molecule has 1 aliphatic carbocycles. The zero-order valence-corrected chi connectivity index (χ0v) is 20.5. The van der Waals surface area contributed by atoms with Gasteiger partial charge in [0.05, 0.1) is 7.11 Å². The summed E-state index contributed by atoms with van der Waals surface area (Å²) in [4.78, 5) is 4.90. The molecule has 32 heavy (non-hydrogen) atoms. The van der Waals surface area contributed by atoms with Crippen LogP contribution in [0.3, 0.4) is 0 Å². The number of benzene rings is 1. The Kier molecular flexibility index (Phi) is 8.91. The van der Waals surface area contributed by atoms with Crippen LogP contribution in [0.25, 0.3) is 0 Å².